The van der Waals surface area contributed by atoms with Gasteiger partial charge < -0.3 is 10.2 Å². The first kappa shape index (κ1) is 13.8. The van der Waals surface area contributed by atoms with Crippen LogP contribution in [0.5, 0.6) is 0 Å². The second kappa shape index (κ2) is 6.10. The van der Waals surface area contributed by atoms with Gasteiger partial charge in [-0.3, -0.25) is 0 Å². The molecule has 0 bridgehead atoms. The van der Waals surface area contributed by atoms with E-state index in [1.807, 2.05) is 6.20 Å². The van der Waals surface area contributed by atoms with E-state index in [9.17, 15) is 0 Å². The van der Waals surface area contributed by atoms with E-state index >= 15 is 0 Å². The molecule has 1 aliphatic rings. The molecule has 3 nitrogen and oxygen atoms in total. The van der Waals surface area contributed by atoms with Gasteiger partial charge >= 0.3 is 0 Å². The second-order valence-electron chi connectivity index (χ2n) is 5.42. The summed E-state index contributed by atoms with van der Waals surface area (Å²) in [5.41, 5.74) is 0. The first-order valence-electron chi connectivity index (χ1n) is 7.24. The standard InChI is InChI=1S/C16H20BrN3/c1-20(12-4-3-9-18-10-7-12)16-14-5-2-6-15(17)13(14)8-11-19-16/h2,5-6,8,11-12,18H,3-4,7,9-10H2,1H3. The number of benzene rings is 1. The minimum atomic E-state index is 0.571. The Kier molecular flexibility index (Phi) is 4.22. The minimum absolute atomic E-state index is 0.571. The third kappa shape index (κ3) is 2.67. The summed E-state index contributed by atoms with van der Waals surface area (Å²) in [5.74, 6) is 1.09. The normalized spacial score (nSPS) is 19.8. The number of fused-ring (bicyclic) bond motifs is 1. The third-order valence-electron chi connectivity index (χ3n) is 4.16. The third-order valence-corrected chi connectivity index (χ3v) is 4.85. The van der Waals surface area contributed by atoms with Crippen molar-refractivity contribution >= 4 is 32.5 Å². The van der Waals surface area contributed by atoms with E-state index in [-0.39, 0.29) is 0 Å². The molecule has 1 aromatic heterocycles. The van der Waals surface area contributed by atoms with Crippen LogP contribution in [0.2, 0.25) is 0 Å². The van der Waals surface area contributed by atoms with Gasteiger partial charge in [-0.1, -0.05) is 28.1 Å². The summed E-state index contributed by atoms with van der Waals surface area (Å²) in [4.78, 5) is 7.00. The molecule has 20 heavy (non-hydrogen) atoms. The van der Waals surface area contributed by atoms with Crippen molar-refractivity contribution in [3.8, 4) is 0 Å². The van der Waals surface area contributed by atoms with Crippen LogP contribution in [-0.2, 0) is 0 Å². The van der Waals surface area contributed by atoms with E-state index in [1.54, 1.807) is 0 Å². The van der Waals surface area contributed by atoms with Crippen LogP contribution < -0.4 is 10.2 Å². The molecule has 1 unspecified atom stereocenters. The molecule has 1 saturated heterocycles. The Morgan fingerprint density at radius 3 is 3.00 bits per heavy atom. The van der Waals surface area contributed by atoms with Gasteiger partial charge in [0.05, 0.1) is 0 Å². The fourth-order valence-corrected chi connectivity index (χ4v) is 3.49. The Bertz CT molecular complexity index is 591. The topological polar surface area (TPSA) is 28.2 Å². The van der Waals surface area contributed by atoms with Gasteiger partial charge in [0.2, 0.25) is 0 Å². The molecule has 0 radical (unpaired) electrons. The monoisotopic (exact) mass is 333 g/mol. The number of halogens is 1. The Labute approximate surface area is 128 Å². The van der Waals surface area contributed by atoms with Crippen molar-refractivity contribution in [3.63, 3.8) is 0 Å². The zero-order chi connectivity index (χ0) is 13.9. The maximum absolute atomic E-state index is 4.64. The fraction of sp³-hybridized carbons (Fsp3) is 0.438. The number of hydrogen-bond acceptors (Lipinski definition) is 3. The lowest BCUT2D eigenvalue weighted by molar-refractivity contribution is 0.564. The Hall–Kier alpha value is -1.13. The van der Waals surface area contributed by atoms with Crippen molar-refractivity contribution in [1.82, 2.24) is 10.3 Å². The quantitative estimate of drug-likeness (QED) is 0.910. The summed E-state index contributed by atoms with van der Waals surface area (Å²) in [6.45, 7) is 2.24. The van der Waals surface area contributed by atoms with Gasteiger partial charge in [0.1, 0.15) is 5.82 Å². The Morgan fingerprint density at radius 1 is 1.20 bits per heavy atom. The molecular weight excluding hydrogens is 314 g/mol. The van der Waals surface area contributed by atoms with Crippen LogP contribution in [0, 0.1) is 0 Å². The minimum Gasteiger partial charge on any atom is -0.356 e. The molecule has 4 heteroatoms. The molecule has 1 fully saturated rings. The lowest BCUT2D eigenvalue weighted by Gasteiger charge is -2.29. The molecular formula is C16H20BrN3. The average Bonchev–Trinajstić information content (AvgIpc) is 2.75. The molecule has 1 aliphatic heterocycles. The predicted octanol–water partition coefficient (Wildman–Crippen LogP) is 3.58. The van der Waals surface area contributed by atoms with Gasteiger partial charge in [-0.05, 0) is 44.5 Å². The number of rotatable bonds is 2. The molecule has 0 aliphatic carbocycles. The summed E-state index contributed by atoms with van der Waals surface area (Å²) < 4.78 is 1.13. The molecule has 0 saturated carbocycles. The maximum Gasteiger partial charge on any atom is 0.136 e. The molecule has 1 aromatic carbocycles. The van der Waals surface area contributed by atoms with Gasteiger partial charge in [-0.25, -0.2) is 4.98 Å². The molecule has 0 amide bonds. The first-order chi connectivity index (χ1) is 9.77. The smallest absolute Gasteiger partial charge is 0.136 e. The molecule has 1 N–H and O–H groups in total. The maximum atomic E-state index is 4.64. The fourth-order valence-electron chi connectivity index (χ4n) is 3.00. The van der Waals surface area contributed by atoms with Gasteiger partial charge in [-0.2, -0.15) is 0 Å². The van der Waals surface area contributed by atoms with Crippen molar-refractivity contribution in [3.05, 3.63) is 34.9 Å². The van der Waals surface area contributed by atoms with Crippen LogP contribution in [0.3, 0.4) is 0 Å². The number of pyridine rings is 1. The highest BCUT2D eigenvalue weighted by atomic mass is 79.9. The second-order valence-corrected chi connectivity index (χ2v) is 6.27. The van der Waals surface area contributed by atoms with E-state index in [4.69, 9.17) is 0 Å². The van der Waals surface area contributed by atoms with Gasteiger partial charge in [0, 0.05) is 34.5 Å². The summed E-state index contributed by atoms with van der Waals surface area (Å²) in [7, 11) is 2.18. The van der Waals surface area contributed by atoms with Crippen LogP contribution in [0.15, 0.2) is 34.9 Å². The van der Waals surface area contributed by atoms with E-state index < -0.39 is 0 Å². The summed E-state index contributed by atoms with van der Waals surface area (Å²) in [5, 5.41) is 5.93. The highest BCUT2D eigenvalue weighted by Gasteiger charge is 2.19. The predicted molar refractivity (Wildman–Crippen MR) is 88.4 cm³/mol. The van der Waals surface area contributed by atoms with E-state index in [2.05, 4.69) is 62.4 Å². The SMILES string of the molecule is CN(c1nccc2c(Br)cccc12)C1CCCNCC1. The first-order valence-corrected chi connectivity index (χ1v) is 8.03. The zero-order valence-electron chi connectivity index (χ0n) is 11.8. The van der Waals surface area contributed by atoms with Gasteiger partial charge in [-0.15, -0.1) is 0 Å². The Balaban J connectivity index is 1.98. The number of nitrogens with one attached hydrogen (secondary N) is 1. The van der Waals surface area contributed by atoms with Crippen molar-refractivity contribution in [1.29, 1.82) is 0 Å². The molecule has 2 heterocycles. The van der Waals surface area contributed by atoms with Crippen molar-refractivity contribution in [2.45, 2.75) is 25.3 Å². The van der Waals surface area contributed by atoms with Crippen LogP contribution in [0.1, 0.15) is 19.3 Å². The van der Waals surface area contributed by atoms with Crippen molar-refractivity contribution < 1.29 is 0 Å². The van der Waals surface area contributed by atoms with Gasteiger partial charge in [0.15, 0.2) is 0 Å². The van der Waals surface area contributed by atoms with Gasteiger partial charge in [0.25, 0.3) is 0 Å². The molecule has 0 spiro atoms. The average molecular weight is 334 g/mol. The van der Waals surface area contributed by atoms with E-state index in [1.165, 1.54) is 30.0 Å². The number of hydrogen-bond donors (Lipinski definition) is 1. The largest absolute Gasteiger partial charge is 0.356 e. The van der Waals surface area contributed by atoms with Crippen LogP contribution in [-0.4, -0.2) is 31.2 Å². The summed E-state index contributed by atoms with van der Waals surface area (Å²) in [6, 6.07) is 8.98. The molecule has 3 rings (SSSR count). The zero-order valence-corrected chi connectivity index (χ0v) is 13.4. The summed E-state index contributed by atoms with van der Waals surface area (Å²) in [6.07, 6.45) is 5.56. The van der Waals surface area contributed by atoms with Crippen molar-refractivity contribution in [2.24, 2.45) is 0 Å². The number of aromatic nitrogens is 1. The molecule has 106 valence electrons. The molecule has 1 atom stereocenters. The van der Waals surface area contributed by atoms with Crippen LogP contribution in [0.4, 0.5) is 5.82 Å². The Morgan fingerprint density at radius 2 is 2.10 bits per heavy atom. The van der Waals surface area contributed by atoms with Crippen LogP contribution >= 0.6 is 15.9 Å². The van der Waals surface area contributed by atoms with E-state index in [0.29, 0.717) is 6.04 Å². The number of anilines is 1. The van der Waals surface area contributed by atoms with E-state index in [0.717, 1.165) is 23.4 Å². The lowest BCUT2D eigenvalue weighted by Crippen LogP contribution is -2.33. The highest BCUT2D eigenvalue weighted by Crippen LogP contribution is 2.31. The van der Waals surface area contributed by atoms with Crippen molar-refractivity contribution in [2.75, 3.05) is 25.0 Å². The molecule has 2 aromatic rings. The number of nitrogens with zero attached hydrogens (tertiary/aromatic N) is 2. The summed E-state index contributed by atoms with van der Waals surface area (Å²) >= 11 is 3.63. The van der Waals surface area contributed by atoms with Crippen LogP contribution in [0.25, 0.3) is 10.8 Å². The lowest BCUT2D eigenvalue weighted by atomic mass is 10.1. The highest BCUT2D eigenvalue weighted by molar-refractivity contribution is 9.10.